The molecule has 0 saturated heterocycles. The van der Waals surface area contributed by atoms with Gasteiger partial charge in [0.05, 0.1) is 32.6 Å². The van der Waals surface area contributed by atoms with E-state index in [0.717, 1.165) is 6.92 Å². The van der Waals surface area contributed by atoms with Crippen molar-refractivity contribution in [2.24, 2.45) is 0 Å². The fourth-order valence-corrected chi connectivity index (χ4v) is 2.38. The molecule has 0 spiro atoms. The lowest BCUT2D eigenvalue weighted by Gasteiger charge is -2.07. The van der Waals surface area contributed by atoms with Crippen LogP contribution in [0.25, 0.3) is 11.0 Å². The van der Waals surface area contributed by atoms with Gasteiger partial charge in [0.1, 0.15) is 11.0 Å². The van der Waals surface area contributed by atoms with Gasteiger partial charge in [0.25, 0.3) is 28.9 Å². The SMILES string of the molecule is CC(=O)O.O=C(Nc1cccc2n[nH]nc12)c1c([N+](=O)[O-])cc([N+](=O)[O-])cc1[N+](=O)[O-]. The number of nitrogens with zero attached hydrogens (tertiary/aromatic N) is 5. The van der Waals surface area contributed by atoms with Crippen molar-refractivity contribution in [1.29, 1.82) is 0 Å². The van der Waals surface area contributed by atoms with Crippen LogP contribution in [0.3, 0.4) is 0 Å². The number of carbonyl (C=O) groups is 2. The summed E-state index contributed by atoms with van der Waals surface area (Å²) in [6, 6.07) is 5.47. The molecule has 1 heterocycles. The summed E-state index contributed by atoms with van der Waals surface area (Å²) in [7, 11) is 0. The highest BCUT2D eigenvalue weighted by atomic mass is 16.6. The van der Waals surface area contributed by atoms with Crippen LogP contribution in [0.4, 0.5) is 22.7 Å². The average Bonchev–Trinajstić information content (AvgIpc) is 3.16. The number of rotatable bonds is 5. The topological polar surface area (TPSA) is 237 Å². The summed E-state index contributed by atoms with van der Waals surface area (Å²) in [5, 5.41) is 53.0. The van der Waals surface area contributed by atoms with E-state index in [-0.39, 0.29) is 11.2 Å². The molecular weight excluding hydrogens is 422 g/mol. The van der Waals surface area contributed by atoms with Crippen molar-refractivity contribution < 1.29 is 29.5 Å². The number of para-hydroxylation sites is 1. The molecule has 1 amide bonds. The summed E-state index contributed by atoms with van der Waals surface area (Å²) in [4.78, 5) is 51.7. The molecule has 160 valence electrons. The summed E-state index contributed by atoms with van der Waals surface area (Å²) in [6.45, 7) is 1.08. The molecule has 0 aliphatic rings. The highest BCUT2D eigenvalue weighted by Gasteiger charge is 2.35. The monoisotopic (exact) mass is 433 g/mol. The van der Waals surface area contributed by atoms with E-state index >= 15 is 0 Å². The van der Waals surface area contributed by atoms with Gasteiger partial charge in [-0.25, -0.2) is 0 Å². The van der Waals surface area contributed by atoms with Gasteiger partial charge in [0, 0.05) is 6.92 Å². The fourth-order valence-electron chi connectivity index (χ4n) is 2.38. The number of amides is 1. The number of fused-ring (bicyclic) bond motifs is 1. The molecule has 16 nitrogen and oxygen atoms in total. The number of carboxylic acids is 1. The summed E-state index contributed by atoms with van der Waals surface area (Å²) >= 11 is 0. The number of carboxylic acid groups (broad SMARTS) is 1. The first-order valence-corrected chi connectivity index (χ1v) is 7.94. The van der Waals surface area contributed by atoms with Crippen LogP contribution in [0.5, 0.6) is 0 Å². The standard InChI is InChI=1S/C13H7N7O7.C2H4O2/c21-13(14-7-2-1-3-8-12(7)16-17-15-8)11-9(19(24)25)4-6(18(22)23)5-10(11)20(26)27;1-2(3)4/h1-5H,(H,14,21)(H,15,16,17);1H3,(H,3,4). The zero-order chi connectivity index (χ0) is 23.3. The van der Waals surface area contributed by atoms with Crippen LogP contribution in [0.2, 0.25) is 0 Å². The van der Waals surface area contributed by atoms with E-state index in [1.807, 2.05) is 0 Å². The van der Waals surface area contributed by atoms with Crippen LogP contribution in [-0.2, 0) is 4.79 Å². The molecule has 0 unspecified atom stereocenters. The summed E-state index contributed by atoms with van der Waals surface area (Å²) < 4.78 is 0. The lowest BCUT2D eigenvalue weighted by molar-refractivity contribution is -0.403. The number of benzene rings is 2. The minimum absolute atomic E-state index is 0.0909. The first-order chi connectivity index (χ1) is 14.5. The van der Waals surface area contributed by atoms with Gasteiger partial charge in [0.2, 0.25) is 0 Å². The summed E-state index contributed by atoms with van der Waals surface area (Å²) in [5.41, 5.74) is -3.26. The van der Waals surface area contributed by atoms with Crippen LogP contribution in [-0.4, -0.2) is 47.2 Å². The Hall–Kier alpha value is -5.02. The van der Waals surface area contributed by atoms with Gasteiger partial charge < -0.3 is 10.4 Å². The maximum absolute atomic E-state index is 12.6. The Kier molecular flexibility index (Phi) is 6.46. The average molecular weight is 433 g/mol. The smallest absolute Gasteiger partial charge is 0.300 e. The Bertz CT molecular complexity index is 1180. The number of carbonyl (C=O) groups excluding carboxylic acids is 1. The van der Waals surface area contributed by atoms with E-state index in [9.17, 15) is 35.1 Å². The summed E-state index contributed by atoms with van der Waals surface area (Å²) in [5.74, 6) is -2.03. The lowest BCUT2D eigenvalue weighted by atomic mass is 10.1. The molecule has 0 aliphatic carbocycles. The van der Waals surface area contributed by atoms with Crippen LogP contribution < -0.4 is 5.32 Å². The Morgan fingerprint density at radius 2 is 1.55 bits per heavy atom. The van der Waals surface area contributed by atoms with Gasteiger partial charge in [-0.15, -0.1) is 0 Å². The number of nitrogens with one attached hydrogen (secondary N) is 2. The first kappa shape index (κ1) is 22.3. The number of aromatic nitrogens is 3. The minimum Gasteiger partial charge on any atom is -0.481 e. The highest BCUT2D eigenvalue weighted by Crippen LogP contribution is 2.34. The van der Waals surface area contributed by atoms with Crippen molar-refractivity contribution in [1.82, 2.24) is 15.4 Å². The number of hydrogen-bond acceptors (Lipinski definition) is 10. The Balaban J connectivity index is 0.000000785. The number of non-ortho nitro benzene ring substituents is 1. The number of hydrogen-bond donors (Lipinski definition) is 3. The first-order valence-electron chi connectivity index (χ1n) is 7.94. The van der Waals surface area contributed by atoms with Gasteiger partial charge in [0.15, 0.2) is 5.56 Å². The maximum atomic E-state index is 12.6. The fraction of sp³-hybridized carbons (Fsp3) is 0.0667. The molecule has 0 fully saturated rings. The van der Waals surface area contributed by atoms with Crippen molar-refractivity contribution >= 4 is 45.7 Å². The maximum Gasteiger partial charge on any atom is 0.300 e. The zero-order valence-corrected chi connectivity index (χ0v) is 15.3. The third-order valence-electron chi connectivity index (χ3n) is 3.51. The Morgan fingerprint density at radius 3 is 2.03 bits per heavy atom. The molecule has 2 aromatic carbocycles. The van der Waals surface area contributed by atoms with E-state index in [0.29, 0.717) is 17.6 Å². The van der Waals surface area contributed by atoms with Gasteiger partial charge in [-0.3, -0.25) is 39.9 Å². The van der Waals surface area contributed by atoms with Crippen LogP contribution in [0.15, 0.2) is 30.3 Å². The second-order valence-electron chi connectivity index (χ2n) is 5.60. The zero-order valence-electron chi connectivity index (χ0n) is 15.3. The number of aliphatic carboxylic acids is 1. The molecule has 3 N–H and O–H groups in total. The second kappa shape index (κ2) is 8.99. The Morgan fingerprint density at radius 1 is 1.00 bits per heavy atom. The molecule has 0 aliphatic heterocycles. The van der Waals surface area contributed by atoms with Gasteiger partial charge in [-0.2, -0.15) is 15.4 Å². The number of anilines is 1. The Labute approximate surface area is 169 Å². The molecule has 1 aromatic heterocycles. The van der Waals surface area contributed by atoms with E-state index in [4.69, 9.17) is 9.90 Å². The van der Waals surface area contributed by atoms with Gasteiger partial charge >= 0.3 is 0 Å². The molecule has 16 heteroatoms. The molecule has 0 saturated carbocycles. The highest BCUT2D eigenvalue weighted by molar-refractivity contribution is 6.12. The number of nitro groups is 3. The summed E-state index contributed by atoms with van der Waals surface area (Å²) in [6.07, 6.45) is 0. The van der Waals surface area contributed by atoms with Crippen LogP contribution in [0, 0.1) is 30.3 Å². The molecule has 3 aromatic rings. The molecule has 0 atom stereocenters. The number of H-pyrrole nitrogens is 1. The minimum atomic E-state index is -1.20. The number of nitro benzene ring substituents is 3. The van der Waals surface area contributed by atoms with Crippen molar-refractivity contribution in [2.75, 3.05) is 5.32 Å². The predicted molar refractivity (Wildman–Crippen MR) is 102 cm³/mol. The third-order valence-corrected chi connectivity index (χ3v) is 3.51. The van der Waals surface area contributed by atoms with Gasteiger partial charge in [-0.1, -0.05) is 6.07 Å². The normalized spacial score (nSPS) is 9.97. The van der Waals surface area contributed by atoms with Crippen molar-refractivity contribution in [2.45, 2.75) is 6.92 Å². The lowest BCUT2D eigenvalue weighted by Crippen LogP contribution is -2.16. The number of aromatic amines is 1. The molecule has 0 radical (unpaired) electrons. The van der Waals surface area contributed by atoms with Crippen molar-refractivity contribution in [3.63, 3.8) is 0 Å². The largest absolute Gasteiger partial charge is 0.481 e. The van der Waals surface area contributed by atoms with Crippen molar-refractivity contribution in [3.05, 3.63) is 66.2 Å². The quantitative estimate of drug-likeness (QED) is 0.388. The van der Waals surface area contributed by atoms with Crippen LogP contribution in [0.1, 0.15) is 17.3 Å². The molecular formula is C15H11N7O9. The molecule has 0 bridgehead atoms. The van der Waals surface area contributed by atoms with E-state index in [1.165, 1.54) is 12.1 Å². The van der Waals surface area contributed by atoms with Gasteiger partial charge in [-0.05, 0) is 12.1 Å². The van der Waals surface area contributed by atoms with E-state index in [2.05, 4.69) is 20.7 Å². The molecule has 3 rings (SSSR count). The van der Waals surface area contributed by atoms with Crippen molar-refractivity contribution in [3.8, 4) is 0 Å². The van der Waals surface area contributed by atoms with E-state index < -0.39 is 49.3 Å². The third kappa shape index (κ3) is 5.08. The van der Waals surface area contributed by atoms with Crippen LogP contribution >= 0.6 is 0 Å². The predicted octanol–water partition coefficient (Wildman–Crippen LogP) is 2.03. The van der Waals surface area contributed by atoms with E-state index in [1.54, 1.807) is 6.07 Å². The molecule has 31 heavy (non-hydrogen) atoms. The second-order valence-corrected chi connectivity index (χ2v) is 5.60.